The van der Waals surface area contributed by atoms with E-state index in [9.17, 15) is 0 Å². The van der Waals surface area contributed by atoms with Gasteiger partial charge < -0.3 is 18.6 Å². The first-order valence-electron chi connectivity index (χ1n) is 10.9. The van der Waals surface area contributed by atoms with E-state index in [0.29, 0.717) is 0 Å². The maximum atomic E-state index is 6.43. The summed E-state index contributed by atoms with van der Waals surface area (Å²) in [5, 5.41) is 1.00. The number of nitrogens with zero attached hydrogens (tertiary/aromatic N) is 1. The van der Waals surface area contributed by atoms with Crippen molar-refractivity contribution in [3.8, 4) is 0 Å². The van der Waals surface area contributed by atoms with Crippen molar-refractivity contribution < 1.29 is 18.6 Å². The van der Waals surface area contributed by atoms with E-state index in [1.54, 1.807) is 0 Å². The zero-order valence-corrected chi connectivity index (χ0v) is 20.7. The summed E-state index contributed by atoms with van der Waals surface area (Å²) in [4.78, 5) is 2.52. The van der Waals surface area contributed by atoms with Crippen molar-refractivity contribution >= 4 is 26.6 Å². The number of rotatable bonds is 4. The zero-order chi connectivity index (χ0) is 21.0. The predicted octanol–water partition coefficient (Wildman–Crippen LogP) is 4.47. The third-order valence-corrected chi connectivity index (χ3v) is 7.42. The molecule has 0 amide bonds. The number of hydrogen-bond acceptors (Lipinski definition) is 5. The molecule has 0 radical (unpaired) electrons. The van der Waals surface area contributed by atoms with Gasteiger partial charge in [0.05, 0.1) is 22.4 Å². The first kappa shape index (κ1) is 25.2. The molecule has 0 N–H and O–H groups in total. The van der Waals surface area contributed by atoms with Gasteiger partial charge in [-0.25, -0.2) is 0 Å². The number of likely N-dealkylation sites (tertiary alicyclic amines) is 1. The van der Waals surface area contributed by atoms with Gasteiger partial charge in [0.1, 0.15) is 0 Å². The number of piperidine rings is 1. The summed E-state index contributed by atoms with van der Waals surface area (Å²) in [7, 11) is -0.908. The smallest absolute Gasteiger partial charge is 0.400 e. The van der Waals surface area contributed by atoms with Crippen molar-refractivity contribution in [3.05, 3.63) is 10.9 Å². The highest BCUT2D eigenvalue weighted by Crippen LogP contribution is 2.44. The Bertz CT molecular complexity index is 560. The topological polar surface area (TPSA) is 40.2 Å². The Kier molecular flexibility index (Phi) is 7.37. The van der Waals surface area contributed by atoms with Crippen molar-refractivity contribution in [3.63, 3.8) is 0 Å². The molecule has 3 aliphatic heterocycles. The largest absolute Gasteiger partial charge is 0.486 e. The molecule has 0 aliphatic carbocycles. The van der Waals surface area contributed by atoms with E-state index in [4.69, 9.17) is 18.6 Å². The number of halogens is 1. The molecule has 3 aliphatic rings. The molecule has 29 heavy (non-hydrogen) atoms. The fourth-order valence-electron chi connectivity index (χ4n) is 4.00. The lowest BCUT2D eigenvalue weighted by Gasteiger charge is -2.32. The van der Waals surface area contributed by atoms with Crippen LogP contribution in [0.25, 0.3) is 0 Å². The second-order valence-electron chi connectivity index (χ2n) is 10.7. The van der Waals surface area contributed by atoms with E-state index < -0.39 is 36.6 Å². The molecule has 0 unspecified atom stereocenters. The second kappa shape index (κ2) is 8.48. The van der Waals surface area contributed by atoms with Gasteiger partial charge >= 0.3 is 14.2 Å². The fraction of sp³-hybridized carbons (Fsp3) is 0.905. The van der Waals surface area contributed by atoms with Crippen molar-refractivity contribution in [2.75, 3.05) is 19.6 Å². The van der Waals surface area contributed by atoms with Crippen LogP contribution < -0.4 is 0 Å². The summed E-state index contributed by atoms with van der Waals surface area (Å²) in [5.74, 6) is 0. The minimum atomic E-state index is -0.454. The van der Waals surface area contributed by atoms with Crippen molar-refractivity contribution in [1.82, 2.24) is 4.90 Å². The van der Waals surface area contributed by atoms with E-state index in [2.05, 4.69) is 67.2 Å². The standard InChI is InChI=1S/C21H39B2NO4.ClH/c1-16(15-24-13-11-10-12-14-24)17(22-25-18(2,3)19(4,5)26-22)23-27-20(6,7)21(8,9)28-23;/h10-15H2,1-9H3;1H. The maximum Gasteiger partial charge on any atom is 0.486 e. The van der Waals surface area contributed by atoms with Crippen molar-refractivity contribution in [1.29, 1.82) is 0 Å². The molecular formula is C21H40B2ClNO4. The molecule has 0 aromatic rings. The van der Waals surface area contributed by atoms with Crippen LogP contribution in [0.1, 0.15) is 81.6 Å². The lowest BCUT2D eigenvalue weighted by Crippen LogP contribution is -2.41. The number of hydrogen-bond donors (Lipinski definition) is 0. The van der Waals surface area contributed by atoms with Gasteiger partial charge in [-0.05, 0) is 93.6 Å². The summed E-state index contributed by atoms with van der Waals surface area (Å²) >= 11 is 0. The van der Waals surface area contributed by atoms with E-state index in [0.717, 1.165) is 25.0 Å². The van der Waals surface area contributed by atoms with Crippen LogP contribution in [0, 0.1) is 0 Å². The lowest BCUT2D eigenvalue weighted by molar-refractivity contribution is 0.00578. The second-order valence-corrected chi connectivity index (χ2v) is 10.7. The van der Waals surface area contributed by atoms with E-state index in [1.807, 2.05) is 0 Å². The minimum Gasteiger partial charge on any atom is -0.400 e. The van der Waals surface area contributed by atoms with Crippen molar-refractivity contribution in [2.45, 2.75) is 104 Å². The molecule has 3 fully saturated rings. The molecule has 0 aromatic heterocycles. The molecular weight excluding hydrogens is 387 g/mol. The fourth-order valence-corrected chi connectivity index (χ4v) is 4.00. The summed E-state index contributed by atoms with van der Waals surface area (Å²) in [6.45, 7) is 22.1. The SMILES string of the molecule is CC(CN1CCCCC1)=C(B1OC(C)(C)C(C)(C)O1)B1OC(C)(C)C(C)(C)O1.Cl. The third kappa shape index (κ3) is 4.91. The van der Waals surface area contributed by atoms with E-state index in [1.165, 1.54) is 24.8 Å². The Hall–Kier alpha value is -0.0401. The first-order valence-corrected chi connectivity index (χ1v) is 10.9. The van der Waals surface area contributed by atoms with Gasteiger partial charge in [0.15, 0.2) is 0 Å². The molecule has 5 nitrogen and oxygen atoms in total. The maximum absolute atomic E-state index is 6.43. The van der Waals surface area contributed by atoms with Gasteiger partial charge in [-0.3, -0.25) is 4.90 Å². The monoisotopic (exact) mass is 427 g/mol. The molecule has 3 saturated heterocycles. The average molecular weight is 428 g/mol. The molecule has 0 bridgehead atoms. The van der Waals surface area contributed by atoms with Crippen LogP contribution in [-0.2, 0) is 18.6 Å². The Morgan fingerprint density at radius 1 is 0.690 bits per heavy atom. The van der Waals surface area contributed by atoms with Crippen LogP contribution in [0.3, 0.4) is 0 Å². The van der Waals surface area contributed by atoms with Gasteiger partial charge in [0, 0.05) is 6.54 Å². The Labute approximate surface area is 184 Å². The van der Waals surface area contributed by atoms with Crippen LogP contribution in [-0.4, -0.2) is 61.2 Å². The zero-order valence-electron chi connectivity index (χ0n) is 19.9. The quantitative estimate of drug-likeness (QED) is 0.619. The molecule has 3 heterocycles. The Morgan fingerprint density at radius 3 is 1.38 bits per heavy atom. The molecule has 0 aromatic carbocycles. The average Bonchev–Trinajstić information content (AvgIpc) is 2.87. The molecule has 166 valence electrons. The highest BCUT2D eigenvalue weighted by atomic mass is 35.5. The summed E-state index contributed by atoms with van der Waals surface area (Å²) < 4.78 is 25.7. The Balaban J connectivity index is 0.00000300. The van der Waals surface area contributed by atoms with E-state index in [-0.39, 0.29) is 12.4 Å². The summed E-state index contributed by atoms with van der Waals surface area (Å²) in [6.07, 6.45) is 3.88. The van der Waals surface area contributed by atoms with Gasteiger partial charge in [0.25, 0.3) is 0 Å². The van der Waals surface area contributed by atoms with Crippen LogP contribution in [0.2, 0.25) is 0 Å². The van der Waals surface area contributed by atoms with Gasteiger partial charge in [0.2, 0.25) is 0 Å². The molecule has 0 spiro atoms. The van der Waals surface area contributed by atoms with Gasteiger partial charge in [-0.2, -0.15) is 0 Å². The first-order chi connectivity index (χ1) is 12.8. The van der Waals surface area contributed by atoms with Gasteiger partial charge in [-0.1, -0.05) is 12.0 Å². The molecule has 8 heteroatoms. The van der Waals surface area contributed by atoms with Crippen LogP contribution >= 0.6 is 12.4 Å². The van der Waals surface area contributed by atoms with Gasteiger partial charge in [-0.15, -0.1) is 12.4 Å². The molecule has 3 rings (SSSR count). The summed E-state index contributed by atoms with van der Waals surface area (Å²) in [5.41, 5.74) is -0.329. The molecule has 0 atom stereocenters. The van der Waals surface area contributed by atoms with Crippen LogP contribution in [0.15, 0.2) is 10.9 Å². The van der Waals surface area contributed by atoms with Crippen molar-refractivity contribution in [2.24, 2.45) is 0 Å². The third-order valence-electron chi connectivity index (χ3n) is 7.42. The molecule has 0 saturated carbocycles. The highest BCUT2D eigenvalue weighted by molar-refractivity contribution is 6.78. The predicted molar refractivity (Wildman–Crippen MR) is 122 cm³/mol. The normalized spacial score (nSPS) is 27.6. The van der Waals surface area contributed by atoms with E-state index >= 15 is 0 Å². The highest BCUT2D eigenvalue weighted by Gasteiger charge is 2.60. The van der Waals surface area contributed by atoms with Crippen LogP contribution in [0.5, 0.6) is 0 Å². The summed E-state index contributed by atoms with van der Waals surface area (Å²) in [6, 6.07) is 0. The Morgan fingerprint density at radius 2 is 1.03 bits per heavy atom. The lowest BCUT2D eigenvalue weighted by atomic mass is 9.55. The van der Waals surface area contributed by atoms with Crippen LogP contribution in [0.4, 0.5) is 0 Å². The minimum absolute atomic E-state index is 0.